The van der Waals surface area contributed by atoms with Gasteiger partial charge in [0.1, 0.15) is 0 Å². The Morgan fingerprint density at radius 3 is 2.73 bits per heavy atom. The van der Waals surface area contributed by atoms with E-state index in [-0.39, 0.29) is 11.5 Å². The highest BCUT2D eigenvalue weighted by molar-refractivity contribution is 14.1. The molecule has 0 radical (unpaired) electrons. The van der Waals surface area contributed by atoms with E-state index < -0.39 is 0 Å². The Balaban J connectivity index is 3.11. The minimum absolute atomic E-state index is 0.0166. The van der Waals surface area contributed by atoms with Crippen LogP contribution < -0.4 is 4.74 Å². The Bertz CT molecular complexity index is 411. The monoisotopic (exact) mass is 318 g/mol. The number of methoxy groups -OCH3 is 1. The first-order valence-corrected chi connectivity index (χ1v) is 5.37. The molecule has 0 heterocycles. The van der Waals surface area contributed by atoms with Crippen molar-refractivity contribution in [2.75, 3.05) is 7.11 Å². The van der Waals surface area contributed by atoms with Crippen molar-refractivity contribution in [2.45, 2.75) is 6.92 Å². The molecule has 0 aliphatic rings. The zero-order valence-electron chi connectivity index (χ0n) is 8.45. The Labute approximate surface area is 102 Å². The summed E-state index contributed by atoms with van der Waals surface area (Å²) >= 11 is 2.01. The van der Waals surface area contributed by atoms with Gasteiger partial charge in [0.05, 0.1) is 10.7 Å². The molecule has 0 saturated heterocycles. The summed E-state index contributed by atoms with van der Waals surface area (Å²) in [5.41, 5.74) is 0.823. The van der Waals surface area contributed by atoms with E-state index in [9.17, 15) is 9.90 Å². The number of hydrogen-bond donors (Lipinski definition) is 1. The van der Waals surface area contributed by atoms with Crippen molar-refractivity contribution in [2.24, 2.45) is 0 Å². The molecule has 3 nitrogen and oxygen atoms in total. The normalized spacial score (nSPS) is 10.6. The van der Waals surface area contributed by atoms with E-state index in [4.69, 9.17) is 4.74 Å². The summed E-state index contributed by atoms with van der Waals surface area (Å²) in [6, 6.07) is 3.45. The number of hydrogen-bond acceptors (Lipinski definition) is 3. The van der Waals surface area contributed by atoms with Crippen LogP contribution in [0.15, 0.2) is 18.2 Å². The van der Waals surface area contributed by atoms with Gasteiger partial charge >= 0.3 is 0 Å². The van der Waals surface area contributed by atoms with Crippen LogP contribution in [0.4, 0.5) is 0 Å². The predicted octanol–water partition coefficient (Wildman–Crippen LogP) is 2.61. The summed E-state index contributed by atoms with van der Waals surface area (Å²) in [6.07, 6.45) is 3.16. The molecule has 80 valence electrons. The standard InChI is InChI=1S/C11H11IO3/c1-7(13)3-4-8-5-9(12)11(14)10(6-8)15-2/h3-6,14H,1-2H3/b4-3+. The van der Waals surface area contributed by atoms with E-state index in [1.165, 1.54) is 20.1 Å². The largest absolute Gasteiger partial charge is 0.504 e. The van der Waals surface area contributed by atoms with Gasteiger partial charge < -0.3 is 9.84 Å². The third-order valence-electron chi connectivity index (χ3n) is 1.78. The maximum Gasteiger partial charge on any atom is 0.171 e. The molecule has 0 amide bonds. The zero-order chi connectivity index (χ0) is 11.4. The highest BCUT2D eigenvalue weighted by Gasteiger charge is 2.06. The zero-order valence-corrected chi connectivity index (χ0v) is 10.6. The van der Waals surface area contributed by atoms with Crippen LogP contribution in [0.3, 0.4) is 0 Å². The van der Waals surface area contributed by atoms with Crippen molar-refractivity contribution in [3.05, 3.63) is 27.3 Å². The number of ether oxygens (including phenoxy) is 1. The van der Waals surface area contributed by atoms with Crippen molar-refractivity contribution >= 4 is 34.5 Å². The number of rotatable bonds is 3. The third-order valence-corrected chi connectivity index (χ3v) is 2.60. The Morgan fingerprint density at radius 2 is 2.20 bits per heavy atom. The van der Waals surface area contributed by atoms with Crippen LogP contribution in [-0.2, 0) is 4.79 Å². The Kier molecular flexibility index (Phi) is 4.14. The van der Waals surface area contributed by atoms with Crippen LogP contribution in [0.25, 0.3) is 6.08 Å². The molecular formula is C11H11IO3. The molecule has 0 aromatic heterocycles. The lowest BCUT2D eigenvalue weighted by atomic mass is 10.2. The summed E-state index contributed by atoms with van der Waals surface area (Å²) in [5.74, 6) is 0.514. The van der Waals surface area contributed by atoms with Crippen molar-refractivity contribution in [3.63, 3.8) is 0 Å². The molecule has 0 unspecified atom stereocenters. The van der Waals surface area contributed by atoms with Gasteiger partial charge in [0.25, 0.3) is 0 Å². The fraction of sp³-hybridized carbons (Fsp3) is 0.182. The molecule has 0 spiro atoms. The van der Waals surface area contributed by atoms with E-state index in [1.54, 1.807) is 18.2 Å². The highest BCUT2D eigenvalue weighted by Crippen LogP contribution is 2.32. The van der Waals surface area contributed by atoms with Gasteiger partial charge in [0.15, 0.2) is 17.3 Å². The molecule has 0 bridgehead atoms. The average Bonchev–Trinajstić information content (AvgIpc) is 2.19. The molecule has 15 heavy (non-hydrogen) atoms. The number of carbonyl (C=O) groups excluding carboxylic acids is 1. The molecular weight excluding hydrogens is 307 g/mol. The van der Waals surface area contributed by atoms with Crippen LogP contribution in [0, 0.1) is 3.57 Å². The lowest BCUT2D eigenvalue weighted by molar-refractivity contribution is -0.112. The van der Waals surface area contributed by atoms with Crippen LogP contribution >= 0.6 is 22.6 Å². The van der Waals surface area contributed by atoms with Crippen LogP contribution in [-0.4, -0.2) is 18.0 Å². The fourth-order valence-electron chi connectivity index (χ4n) is 1.06. The molecule has 0 fully saturated rings. The topological polar surface area (TPSA) is 46.5 Å². The minimum atomic E-state index is -0.0166. The number of phenolic OH excluding ortho intramolecular Hbond substituents is 1. The van der Waals surface area contributed by atoms with E-state index in [0.717, 1.165) is 5.56 Å². The maximum absolute atomic E-state index is 10.8. The van der Waals surface area contributed by atoms with Gasteiger partial charge in [0.2, 0.25) is 0 Å². The van der Waals surface area contributed by atoms with Crippen molar-refractivity contribution in [1.29, 1.82) is 0 Å². The van der Waals surface area contributed by atoms with Gasteiger partial charge in [-0.3, -0.25) is 4.79 Å². The second-order valence-electron chi connectivity index (χ2n) is 3.00. The fourth-order valence-corrected chi connectivity index (χ4v) is 1.68. The van der Waals surface area contributed by atoms with Gasteiger partial charge in [-0.25, -0.2) is 0 Å². The van der Waals surface area contributed by atoms with Gasteiger partial charge in [-0.2, -0.15) is 0 Å². The van der Waals surface area contributed by atoms with Crippen molar-refractivity contribution in [3.8, 4) is 11.5 Å². The first-order chi connectivity index (χ1) is 7.04. The molecule has 1 rings (SSSR count). The smallest absolute Gasteiger partial charge is 0.171 e. The third kappa shape index (κ3) is 3.23. The first kappa shape index (κ1) is 12.0. The molecule has 0 saturated carbocycles. The van der Waals surface area contributed by atoms with Gasteiger partial charge in [-0.05, 0) is 53.3 Å². The van der Waals surface area contributed by atoms with Gasteiger partial charge in [0, 0.05) is 0 Å². The maximum atomic E-state index is 10.8. The molecule has 1 N–H and O–H groups in total. The Hall–Kier alpha value is -1.04. The molecule has 0 aliphatic heterocycles. The second-order valence-corrected chi connectivity index (χ2v) is 4.16. The quantitative estimate of drug-likeness (QED) is 0.688. The summed E-state index contributed by atoms with van der Waals surface area (Å²) in [6.45, 7) is 1.49. The van der Waals surface area contributed by atoms with Gasteiger partial charge in [-0.15, -0.1) is 0 Å². The SMILES string of the molecule is COc1cc(/C=C/C(C)=O)cc(I)c1O. The van der Waals surface area contributed by atoms with Crippen LogP contribution in [0.5, 0.6) is 11.5 Å². The van der Waals surface area contributed by atoms with E-state index in [0.29, 0.717) is 9.32 Å². The van der Waals surface area contributed by atoms with Crippen LogP contribution in [0.2, 0.25) is 0 Å². The molecule has 1 aromatic rings. The van der Waals surface area contributed by atoms with Crippen molar-refractivity contribution in [1.82, 2.24) is 0 Å². The number of benzene rings is 1. The number of aromatic hydroxyl groups is 1. The molecule has 0 aliphatic carbocycles. The summed E-state index contributed by atoms with van der Waals surface area (Å²) in [4.78, 5) is 10.8. The number of allylic oxidation sites excluding steroid dienone is 1. The van der Waals surface area contributed by atoms with Crippen molar-refractivity contribution < 1.29 is 14.6 Å². The first-order valence-electron chi connectivity index (χ1n) is 4.29. The number of carbonyl (C=O) groups is 1. The second kappa shape index (κ2) is 5.16. The predicted molar refractivity (Wildman–Crippen MR) is 67.1 cm³/mol. The number of halogens is 1. The molecule has 1 aromatic carbocycles. The highest BCUT2D eigenvalue weighted by atomic mass is 127. The Morgan fingerprint density at radius 1 is 1.53 bits per heavy atom. The minimum Gasteiger partial charge on any atom is -0.504 e. The summed E-state index contributed by atoms with van der Waals surface area (Å²) in [5, 5.41) is 9.58. The van der Waals surface area contributed by atoms with Crippen LogP contribution in [0.1, 0.15) is 12.5 Å². The summed E-state index contributed by atoms with van der Waals surface area (Å²) < 4.78 is 5.69. The van der Waals surface area contributed by atoms with E-state index in [1.807, 2.05) is 22.6 Å². The van der Waals surface area contributed by atoms with Gasteiger partial charge in [-0.1, -0.05) is 6.08 Å². The average molecular weight is 318 g/mol. The number of ketones is 1. The lowest BCUT2D eigenvalue weighted by Gasteiger charge is -2.06. The van der Waals surface area contributed by atoms with E-state index >= 15 is 0 Å². The summed E-state index contributed by atoms with van der Waals surface area (Å²) in [7, 11) is 1.49. The number of phenols is 1. The lowest BCUT2D eigenvalue weighted by Crippen LogP contribution is -1.88. The van der Waals surface area contributed by atoms with E-state index in [2.05, 4.69) is 0 Å². The molecule has 4 heteroatoms. The molecule has 0 atom stereocenters.